The van der Waals surface area contributed by atoms with Gasteiger partial charge in [0.25, 0.3) is 5.56 Å². The molecule has 0 radical (unpaired) electrons. The van der Waals surface area contributed by atoms with Crippen molar-refractivity contribution in [1.82, 2.24) is 19.9 Å². The lowest BCUT2D eigenvalue weighted by molar-refractivity contribution is 0.511. The molecule has 7 nitrogen and oxygen atoms in total. The number of H-pyrrole nitrogens is 1. The molecule has 2 N–H and O–H groups in total. The molecule has 0 aromatic carbocycles. The molecule has 0 amide bonds. The number of anilines is 2. The van der Waals surface area contributed by atoms with Crippen LogP contribution >= 0.6 is 0 Å². The Labute approximate surface area is 139 Å². The van der Waals surface area contributed by atoms with Crippen LogP contribution in [-0.4, -0.2) is 39.1 Å². The van der Waals surface area contributed by atoms with Gasteiger partial charge in [0.1, 0.15) is 6.33 Å². The highest BCUT2D eigenvalue weighted by molar-refractivity contribution is 5.39. The number of nitrogens with zero attached hydrogens (tertiary/aromatic N) is 4. The van der Waals surface area contributed by atoms with Crippen molar-refractivity contribution >= 4 is 11.8 Å². The van der Waals surface area contributed by atoms with Crippen LogP contribution in [0, 0.1) is 12.7 Å². The second-order valence-corrected chi connectivity index (χ2v) is 5.95. The first-order valence-electron chi connectivity index (χ1n) is 8.15. The molecule has 24 heavy (non-hydrogen) atoms. The van der Waals surface area contributed by atoms with Crippen LogP contribution in [0.25, 0.3) is 0 Å². The highest BCUT2D eigenvalue weighted by atomic mass is 19.1. The summed E-state index contributed by atoms with van der Waals surface area (Å²) >= 11 is 0. The Kier molecular flexibility index (Phi) is 4.73. The van der Waals surface area contributed by atoms with Crippen LogP contribution < -0.4 is 15.8 Å². The van der Waals surface area contributed by atoms with Gasteiger partial charge in [0.05, 0.1) is 5.69 Å². The number of rotatable bonds is 4. The number of piperidine rings is 1. The first-order valence-corrected chi connectivity index (χ1v) is 8.15. The standard InChI is InChI=1S/C16H21FN6O/c1-3-12-14(17)15(19-9-18-12)21-11-4-6-23(7-5-11)16-20-10(2)8-13(24)22-16/h8-9,11H,3-7H2,1-2H3,(H,18,19,21)(H,20,22,24). The lowest BCUT2D eigenvalue weighted by Gasteiger charge is -2.33. The SMILES string of the molecule is CCc1ncnc(NC2CCN(c3nc(C)cc(=O)[nH]3)CC2)c1F. The minimum absolute atomic E-state index is 0.131. The molecule has 2 aromatic rings. The van der Waals surface area contributed by atoms with E-state index in [1.54, 1.807) is 6.92 Å². The van der Waals surface area contributed by atoms with Crippen molar-refractivity contribution in [3.8, 4) is 0 Å². The van der Waals surface area contributed by atoms with Crippen LogP contribution in [0.5, 0.6) is 0 Å². The van der Waals surface area contributed by atoms with Gasteiger partial charge in [0.2, 0.25) is 5.95 Å². The molecule has 0 atom stereocenters. The van der Waals surface area contributed by atoms with Crippen molar-refractivity contribution in [2.45, 2.75) is 39.2 Å². The van der Waals surface area contributed by atoms with Gasteiger partial charge in [-0.05, 0) is 26.2 Å². The fourth-order valence-electron chi connectivity index (χ4n) is 2.90. The molecular formula is C16H21FN6O. The van der Waals surface area contributed by atoms with Gasteiger partial charge in [-0.2, -0.15) is 0 Å². The smallest absolute Gasteiger partial charge is 0.252 e. The van der Waals surface area contributed by atoms with Crippen LogP contribution in [0.2, 0.25) is 0 Å². The Morgan fingerprint density at radius 2 is 2.12 bits per heavy atom. The predicted octanol–water partition coefficient (Wildman–Crippen LogP) is 1.65. The molecule has 2 aromatic heterocycles. The van der Waals surface area contributed by atoms with Crippen molar-refractivity contribution in [3.63, 3.8) is 0 Å². The Morgan fingerprint density at radius 1 is 1.38 bits per heavy atom. The average molecular weight is 332 g/mol. The molecule has 8 heteroatoms. The molecule has 0 aliphatic carbocycles. The Morgan fingerprint density at radius 3 is 2.79 bits per heavy atom. The van der Waals surface area contributed by atoms with E-state index in [0.29, 0.717) is 23.8 Å². The second-order valence-electron chi connectivity index (χ2n) is 5.95. The number of aryl methyl sites for hydroxylation is 2. The number of hydrogen-bond acceptors (Lipinski definition) is 6. The maximum atomic E-state index is 14.2. The molecule has 0 spiro atoms. The molecular weight excluding hydrogens is 311 g/mol. The average Bonchev–Trinajstić information content (AvgIpc) is 2.56. The third-order valence-corrected chi connectivity index (χ3v) is 4.19. The summed E-state index contributed by atoms with van der Waals surface area (Å²) in [6.45, 7) is 5.13. The van der Waals surface area contributed by atoms with Gasteiger partial charge in [-0.25, -0.2) is 19.3 Å². The molecule has 3 heterocycles. The van der Waals surface area contributed by atoms with E-state index in [9.17, 15) is 9.18 Å². The van der Waals surface area contributed by atoms with E-state index in [4.69, 9.17) is 0 Å². The van der Waals surface area contributed by atoms with Crippen molar-refractivity contribution in [2.24, 2.45) is 0 Å². The predicted molar refractivity (Wildman–Crippen MR) is 89.8 cm³/mol. The van der Waals surface area contributed by atoms with Gasteiger partial charge in [-0.15, -0.1) is 0 Å². The molecule has 0 unspecified atom stereocenters. The lowest BCUT2D eigenvalue weighted by atomic mass is 10.1. The zero-order valence-corrected chi connectivity index (χ0v) is 13.8. The fourth-order valence-corrected chi connectivity index (χ4v) is 2.90. The fraction of sp³-hybridized carbons (Fsp3) is 0.500. The van der Waals surface area contributed by atoms with Crippen LogP contribution in [0.4, 0.5) is 16.2 Å². The highest BCUT2D eigenvalue weighted by Crippen LogP contribution is 2.20. The maximum absolute atomic E-state index is 14.2. The van der Waals surface area contributed by atoms with Crippen molar-refractivity contribution in [3.05, 3.63) is 40.0 Å². The first-order chi connectivity index (χ1) is 11.6. The quantitative estimate of drug-likeness (QED) is 0.885. The molecule has 1 aliphatic heterocycles. The van der Waals surface area contributed by atoms with Crippen LogP contribution in [0.15, 0.2) is 17.2 Å². The van der Waals surface area contributed by atoms with Gasteiger partial charge in [0.15, 0.2) is 11.6 Å². The lowest BCUT2D eigenvalue weighted by Crippen LogP contribution is -2.40. The van der Waals surface area contributed by atoms with E-state index in [-0.39, 0.29) is 23.2 Å². The zero-order valence-electron chi connectivity index (χ0n) is 13.8. The number of aromatic amines is 1. The van der Waals surface area contributed by atoms with Gasteiger partial charge in [-0.1, -0.05) is 6.92 Å². The minimum atomic E-state index is -0.368. The molecule has 128 valence electrons. The summed E-state index contributed by atoms with van der Waals surface area (Å²) in [5.74, 6) is 0.495. The topological polar surface area (TPSA) is 86.8 Å². The molecule has 0 saturated carbocycles. The van der Waals surface area contributed by atoms with E-state index in [1.807, 2.05) is 11.8 Å². The summed E-state index contributed by atoms with van der Waals surface area (Å²) in [6, 6.07) is 1.60. The van der Waals surface area contributed by atoms with E-state index >= 15 is 0 Å². The Bertz CT molecular complexity index is 769. The van der Waals surface area contributed by atoms with E-state index in [2.05, 4.69) is 25.3 Å². The van der Waals surface area contributed by atoms with Gasteiger partial charge >= 0.3 is 0 Å². The summed E-state index contributed by atoms with van der Waals surface area (Å²) in [5, 5.41) is 3.17. The monoisotopic (exact) mass is 332 g/mol. The highest BCUT2D eigenvalue weighted by Gasteiger charge is 2.22. The first kappa shape index (κ1) is 16.4. The number of nitrogens with one attached hydrogen (secondary N) is 2. The number of aromatic nitrogens is 4. The van der Waals surface area contributed by atoms with E-state index in [1.165, 1.54) is 12.4 Å². The number of halogens is 1. The van der Waals surface area contributed by atoms with E-state index < -0.39 is 0 Å². The third-order valence-electron chi connectivity index (χ3n) is 4.19. The van der Waals surface area contributed by atoms with Crippen molar-refractivity contribution < 1.29 is 4.39 Å². The summed E-state index contributed by atoms with van der Waals surface area (Å²) in [6.07, 6.45) is 3.54. The largest absolute Gasteiger partial charge is 0.365 e. The summed E-state index contributed by atoms with van der Waals surface area (Å²) in [4.78, 5) is 28.7. The molecule has 1 aliphatic rings. The zero-order chi connectivity index (χ0) is 17.1. The van der Waals surface area contributed by atoms with Crippen molar-refractivity contribution in [2.75, 3.05) is 23.3 Å². The van der Waals surface area contributed by atoms with E-state index in [0.717, 1.165) is 25.9 Å². The third kappa shape index (κ3) is 3.52. The summed E-state index contributed by atoms with van der Waals surface area (Å²) in [7, 11) is 0. The molecule has 1 fully saturated rings. The molecule has 3 rings (SSSR count). The second kappa shape index (κ2) is 6.94. The summed E-state index contributed by atoms with van der Waals surface area (Å²) in [5.41, 5.74) is 0.975. The number of hydrogen-bond donors (Lipinski definition) is 2. The van der Waals surface area contributed by atoms with Gasteiger partial charge in [-0.3, -0.25) is 9.78 Å². The maximum Gasteiger partial charge on any atom is 0.252 e. The summed E-state index contributed by atoms with van der Waals surface area (Å²) < 4.78 is 14.2. The molecule has 1 saturated heterocycles. The molecule has 0 bridgehead atoms. The van der Waals surface area contributed by atoms with Gasteiger partial charge < -0.3 is 10.2 Å². The minimum Gasteiger partial charge on any atom is -0.365 e. The normalized spacial score (nSPS) is 15.5. The van der Waals surface area contributed by atoms with Gasteiger partial charge in [0, 0.05) is 30.9 Å². The van der Waals surface area contributed by atoms with Crippen LogP contribution in [0.3, 0.4) is 0 Å². The van der Waals surface area contributed by atoms with Crippen molar-refractivity contribution in [1.29, 1.82) is 0 Å². The Hall–Kier alpha value is -2.51. The van der Waals surface area contributed by atoms with Crippen LogP contribution in [0.1, 0.15) is 31.2 Å². The van der Waals surface area contributed by atoms with Crippen LogP contribution in [-0.2, 0) is 6.42 Å². The Balaban J connectivity index is 1.64.